The monoisotopic (exact) mass is 484 g/mol. The Morgan fingerprint density at radius 2 is 1.78 bits per heavy atom. The van der Waals surface area contributed by atoms with Crippen molar-refractivity contribution in [2.24, 2.45) is 5.92 Å². The minimum atomic E-state index is -0.0138. The minimum Gasteiger partial charge on any atom is -0.322 e. The number of aryl methyl sites for hydroxylation is 2. The molecule has 1 fully saturated rings. The Hall–Kier alpha value is -3.32. The Morgan fingerprint density at radius 3 is 2.50 bits per heavy atom. The first-order valence-electron chi connectivity index (χ1n) is 13.1. The lowest BCUT2D eigenvalue weighted by molar-refractivity contribution is 0.0844. The Bertz CT molecular complexity index is 1380. The number of nitrogens with zero attached hydrogens (tertiary/aromatic N) is 5. The lowest BCUT2D eigenvalue weighted by Crippen LogP contribution is -2.41. The Labute approximate surface area is 212 Å². The first-order chi connectivity index (χ1) is 17.4. The van der Waals surface area contributed by atoms with E-state index in [1.165, 1.54) is 24.0 Å². The van der Waals surface area contributed by atoms with Crippen molar-refractivity contribution in [3.63, 3.8) is 0 Å². The predicted molar refractivity (Wildman–Crippen MR) is 143 cm³/mol. The molecule has 0 bridgehead atoms. The van der Waals surface area contributed by atoms with Crippen LogP contribution in [0.3, 0.4) is 0 Å². The minimum absolute atomic E-state index is 0.00154. The highest BCUT2D eigenvalue weighted by atomic mass is 16.1. The zero-order chi connectivity index (χ0) is 25.2. The highest BCUT2D eigenvalue weighted by Gasteiger charge is 2.35. The standard InChI is InChI=1S/C29H36N6O/c1-19(2)27(28-31-32-33-35(28)17-22-10-6-5-7-11-22)34(25-12-8-9-13-25)18-24-16-23-14-20(3)21(4)15-26(23)30-29(24)36/h5-7,10-11,14-16,19,25,27H,8-9,12-13,17-18H2,1-4H3,(H,30,36)/t27-/m0/s1. The molecule has 1 atom stereocenters. The van der Waals surface area contributed by atoms with Crippen molar-refractivity contribution >= 4 is 10.9 Å². The second-order valence-electron chi connectivity index (χ2n) is 10.6. The third kappa shape index (κ3) is 4.98. The average molecular weight is 485 g/mol. The van der Waals surface area contributed by atoms with Crippen LogP contribution in [0.5, 0.6) is 0 Å². The number of pyridine rings is 1. The maximum atomic E-state index is 13.2. The van der Waals surface area contributed by atoms with E-state index in [1.54, 1.807) is 0 Å². The van der Waals surface area contributed by atoms with Gasteiger partial charge in [0.2, 0.25) is 0 Å². The molecule has 4 aromatic rings. The largest absolute Gasteiger partial charge is 0.322 e. The van der Waals surface area contributed by atoms with Crippen LogP contribution in [-0.2, 0) is 13.1 Å². The van der Waals surface area contributed by atoms with Crippen molar-refractivity contribution in [2.75, 3.05) is 0 Å². The van der Waals surface area contributed by atoms with Crippen molar-refractivity contribution in [3.05, 3.63) is 87.0 Å². The summed E-state index contributed by atoms with van der Waals surface area (Å²) < 4.78 is 1.93. The van der Waals surface area contributed by atoms with Gasteiger partial charge in [0, 0.05) is 23.7 Å². The molecular weight excluding hydrogens is 448 g/mol. The number of aromatic nitrogens is 5. The number of hydrogen-bond acceptors (Lipinski definition) is 5. The van der Waals surface area contributed by atoms with Crippen LogP contribution in [-0.4, -0.2) is 36.1 Å². The number of rotatable bonds is 8. The average Bonchev–Trinajstić information content (AvgIpc) is 3.54. The molecule has 2 heterocycles. The SMILES string of the molecule is Cc1cc2cc(CN(C3CCCC3)[C@H](c3nnnn3Cc3ccccc3)C(C)C)c(=O)[nH]c2cc1C. The van der Waals surface area contributed by atoms with E-state index >= 15 is 0 Å². The number of benzene rings is 2. The second-order valence-corrected chi connectivity index (χ2v) is 10.6. The molecule has 1 N–H and O–H groups in total. The number of nitrogens with one attached hydrogen (secondary N) is 1. The van der Waals surface area contributed by atoms with Crippen LogP contribution in [0.1, 0.15) is 73.7 Å². The number of H-pyrrole nitrogens is 1. The van der Waals surface area contributed by atoms with Gasteiger partial charge in [-0.3, -0.25) is 9.69 Å². The van der Waals surface area contributed by atoms with Gasteiger partial charge in [-0.15, -0.1) is 5.10 Å². The Morgan fingerprint density at radius 1 is 1.06 bits per heavy atom. The Balaban J connectivity index is 1.54. The molecule has 1 aliphatic carbocycles. The summed E-state index contributed by atoms with van der Waals surface area (Å²) in [4.78, 5) is 18.9. The third-order valence-corrected chi connectivity index (χ3v) is 7.67. The van der Waals surface area contributed by atoms with Crippen molar-refractivity contribution in [1.82, 2.24) is 30.1 Å². The molecule has 0 aliphatic heterocycles. The van der Waals surface area contributed by atoms with Gasteiger partial charge in [0.1, 0.15) is 0 Å². The summed E-state index contributed by atoms with van der Waals surface area (Å²) in [5.74, 6) is 1.14. The number of hydrogen-bond donors (Lipinski definition) is 1. The van der Waals surface area contributed by atoms with Gasteiger partial charge in [0.15, 0.2) is 5.82 Å². The van der Waals surface area contributed by atoms with Gasteiger partial charge in [-0.2, -0.15) is 0 Å². The normalized spacial score (nSPS) is 15.4. The first kappa shape index (κ1) is 24.4. The van der Waals surface area contributed by atoms with Gasteiger partial charge >= 0.3 is 0 Å². The molecule has 2 aromatic carbocycles. The molecule has 0 radical (unpaired) electrons. The summed E-state index contributed by atoms with van der Waals surface area (Å²) >= 11 is 0. The fourth-order valence-corrected chi connectivity index (χ4v) is 5.65. The molecule has 7 nitrogen and oxygen atoms in total. The molecule has 7 heteroatoms. The van der Waals surface area contributed by atoms with Crippen LogP contribution in [0, 0.1) is 19.8 Å². The van der Waals surface area contributed by atoms with Gasteiger partial charge < -0.3 is 4.98 Å². The molecule has 0 saturated heterocycles. The van der Waals surface area contributed by atoms with E-state index in [4.69, 9.17) is 0 Å². The molecule has 36 heavy (non-hydrogen) atoms. The van der Waals surface area contributed by atoms with Crippen LogP contribution in [0.4, 0.5) is 0 Å². The van der Waals surface area contributed by atoms with Gasteiger partial charge in [-0.25, -0.2) is 4.68 Å². The summed E-state index contributed by atoms with van der Waals surface area (Å²) in [6, 6.07) is 17.0. The second kappa shape index (κ2) is 10.3. The van der Waals surface area contributed by atoms with E-state index in [2.05, 4.69) is 83.4 Å². The zero-order valence-electron chi connectivity index (χ0n) is 21.7. The lowest BCUT2D eigenvalue weighted by atomic mass is 9.97. The molecule has 0 amide bonds. The summed E-state index contributed by atoms with van der Waals surface area (Å²) in [6.45, 7) is 9.85. The summed E-state index contributed by atoms with van der Waals surface area (Å²) in [6.07, 6.45) is 4.70. The predicted octanol–water partition coefficient (Wildman–Crippen LogP) is 5.32. The molecule has 0 unspecified atom stereocenters. The van der Waals surface area contributed by atoms with E-state index < -0.39 is 0 Å². The van der Waals surface area contributed by atoms with E-state index in [1.807, 2.05) is 22.9 Å². The topological polar surface area (TPSA) is 79.7 Å². The van der Waals surface area contributed by atoms with Crippen LogP contribution in [0.2, 0.25) is 0 Å². The molecule has 5 rings (SSSR count). The van der Waals surface area contributed by atoms with Crippen molar-refractivity contribution < 1.29 is 0 Å². The van der Waals surface area contributed by atoms with E-state index in [9.17, 15) is 4.79 Å². The number of tetrazole rings is 1. The Kier molecular flexibility index (Phi) is 7.01. The fourth-order valence-electron chi connectivity index (χ4n) is 5.65. The van der Waals surface area contributed by atoms with Crippen LogP contribution >= 0.6 is 0 Å². The quantitative estimate of drug-likeness (QED) is 0.366. The summed E-state index contributed by atoms with van der Waals surface area (Å²) in [5.41, 5.74) is 5.26. The van der Waals surface area contributed by atoms with Gasteiger partial charge in [0.05, 0.1) is 12.6 Å². The smallest absolute Gasteiger partial charge is 0.252 e. The van der Waals surface area contributed by atoms with Crippen molar-refractivity contribution in [1.29, 1.82) is 0 Å². The van der Waals surface area contributed by atoms with Gasteiger partial charge in [-0.05, 0) is 83.3 Å². The number of fused-ring (bicyclic) bond motifs is 1. The van der Waals surface area contributed by atoms with Crippen LogP contribution in [0.15, 0.2) is 53.3 Å². The highest BCUT2D eigenvalue weighted by Crippen LogP contribution is 2.36. The zero-order valence-corrected chi connectivity index (χ0v) is 21.7. The van der Waals surface area contributed by atoms with E-state index in [0.29, 0.717) is 19.1 Å². The van der Waals surface area contributed by atoms with Gasteiger partial charge in [0.25, 0.3) is 5.56 Å². The maximum absolute atomic E-state index is 13.2. The summed E-state index contributed by atoms with van der Waals surface area (Å²) in [7, 11) is 0. The van der Waals surface area contributed by atoms with Crippen molar-refractivity contribution in [2.45, 2.75) is 78.6 Å². The number of aromatic amines is 1. The van der Waals surface area contributed by atoms with Gasteiger partial charge in [-0.1, -0.05) is 57.0 Å². The molecule has 0 spiro atoms. The van der Waals surface area contributed by atoms with Crippen LogP contribution < -0.4 is 5.56 Å². The summed E-state index contributed by atoms with van der Waals surface area (Å²) in [5, 5.41) is 14.1. The van der Waals surface area contributed by atoms with Crippen molar-refractivity contribution in [3.8, 4) is 0 Å². The highest BCUT2D eigenvalue weighted by molar-refractivity contribution is 5.80. The molecule has 188 valence electrons. The van der Waals surface area contributed by atoms with Crippen LogP contribution in [0.25, 0.3) is 10.9 Å². The maximum Gasteiger partial charge on any atom is 0.252 e. The molecular formula is C29H36N6O. The third-order valence-electron chi connectivity index (χ3n) is 7.67. The first-order valence-corrected chi connectivity index (χ1v) is 13.1. The fraction of sp³-hybridized carbons (Fsp3) is 0.448. The molecule has 1 saturated carbocycles. The molecule has 1 aliphatic rings. The lowest BCUT2D eigenvalue weighted by Gasteiger charge is -2.38. The van der Waals surface area contributed by atoms with E-state index in [0.717, 1.165) is 40.7 Å². The molecule has 2 aromatic heterocycles. The van der Waals surface area contributed by atoms with E-state index in [-0.39, 0.29) is 17.5 Å².